The number of methoxy groups -OCH3 is 2. The van der Waals surface area contributed by atoms with E-state index in [9.17, 15) is 0 Å². The second-order valence-electron chi connectivity index (χ2n) is 8.79. The highest BCUT2D eigenvalue weighted by atomic mass is 35.5. The quantitative estimate of drug-likeness (QED) is 0.241. The van der Waals surface area contributed by atoms with Crippen molar-refractivity contribution in [3.8, 4) is 11.5 Å². The molecule has 6 nitrogen and oxygen atoms in total. The molecule has 0 aliphatic carbocycles. The van der Waals surface area contributed by atoms with Crippen LogP contribution in [0.4, 0.5) is 0 Å². The van der Waals surface area contributed by atoms with E-state index in [2.05, 4.69) is 38.4 Å². The van der Waals surface area contributed by atoms with Crippen LogP contribution in [0.1, 0.15) is 41.3 Å². The molecule has 0 spiro atoms. The molecule has 0 unspecified atom stereocenters. The Morgan fingerprint density at radius 1 is 1.14 bits per heavy atom. The molecule has 2 heterocycles. The summed E-state index contributed by atoms with van der Waals surface area (Å²) in [4.78, 5) is 2.49. The summed E-state index contributed by atoms with van der Waals surface area (Å²) in [5.74, 6) is 4.03. The van der Waals surface area contributed by atoms with E-state index >= 15 is 0 Å². The molecule has 0 bridgehead atoms. The molecule has 0 saturated carbocycles. The van der Waals surface area contributed by atoms with Gasteiger partial charge in [0.2, 0.25) is 0 Å². The van der Waals surface area contributed by atoms with E-state index in [0.29, 0.717) is 12.5 Å². The summed E-state index contributed by atoms with van der Waals surface area (Å²) in [5.41, 5.74) is 3.41. The van der Waals surface area contributed by atoms with Crippen LogP contribution in [0, 0.1) is 6.92 Å². The van der Waals surface area contributed by atoms with Crippen LogP contribution in [-0.2, 0) is 18.8 Å². The normalized spacial score (nSPS) is 14.7. The van der Waals surface area contributed by atoms with Crippen molar-refractivity contribution in [1.29, 1.82) is 0 Å². The summed E-state index contributed by atoms with van der Waals surface area (Å²) in [6.07, 6.45) is 4.01. The van der Waals surface area contributed by atoms with Crippen molar-refractivity contribution >= 4 is 23.4 Å². The molecule has 186 valence electrons. The van der Waals surface area contributed by atoms with E-state index in [4.69, 9.17) is 21.1 Å². The topological polar surface area (TPSA) is 52.4 Å². The molecule has 1 aliphatic heterocycles. The molecule has 2 aromatic carbocycles. The van der Waals surface area contributed by atoms with Gasteiger partial charge >= 0.3 is 0 Å². The minimum atomic E-state index is 0.388. The molecular formula is C27H33ClN4O2S. The Hall–Kier alpha value is -2.48. The number of halogens is 1. The predicted octanol–water partition coefficient (Wildman–Crippen LogP) is 6.12. The zero-order valence-corrected chi connectivity index (χ0v) is 22.2. The maximum Gasteiger partial charge on any atom is 0.191 e. The summed E-state index contributed by atoms with van der Waals surface area (Å²) < 4.78 is 13.4. The van der Waals surface area contributed by atoms with Crippen molar-refractivity contribution in [2.75, 3.05) is 27.3 Å². The van der Waals surface area contributed by atoms with Crippen LogP contribution in [0.25, 0.3) is 0 Å². The van der Waals surface area contributed by atoms with Gasteiger partial charge < -0.3 is 14.0 Å². The lowest BCUT2D eigenvalue weighted by molar-refractivity contribution is 0.197. The van der Waals surface area contributed by atoms with Crippen LogP contribution in [-0.4, -0.2) is 47.0 Å². The zero-order valence-electron chi connectivity index (χ0n) is 20.7. The minimum absolute atomic E-state index is 0.388. The third-order valence-corrected chi connectivity index (χ3v) is 7.80. The molecule has 35 heavy (non-hydrogen) atoms. The average Bonchev–Trinajstić information content (AvgIpc) is 3.26. The molecule has 1 fully saturated rings. The monoisotopic (exact) mass is 512 g/mol. The maximum absolute atomic E-state index is 6.14. The van der Waals surface area contributed by atoms with Crippen molar-refractivity contribution in [2.24, 2.45) is 0 Å². The van der Waals surface area contributed by atoms with Crippen LogP contribution in [0.3, 0.4) is 0 Å². The number of nitrogens with zero attached hydrogens (tertiary/aromatic N) is 4. The number of rotatable bonds is 10. The summed E-state index contributed by atoms with van der Waals surface area (Å²) in [5, 5.41) is 10.8. The molecule has 1 aromatic heterocycles. The summed E-state index contributed by atoms with van der Waals surface area (Å²) in [7, 11) is 3.42. The first-order chi connectivity index (χ1) is 17.0. The van der Waals surface area contributed by atoms with Gasteiger partial charge in [0.05, 0.1) is 14.2 Å². The van der Waals surface area contributed by atoms with Crippen LogP contribution in [0.15, 0.2) is 54.2 Å². The fourth-order valence-electron chi connectivity index (χ4n) is 4.73. The van der Waals surface area contributed by atoms with Gasteiger partial charge in [-0.15, -0.1) is 16.8 Å². The van der Waals surface area contributed by atoms with Crippen LogP contribution in [0.2, 0.25) is 5.02 Å². The average molecular weight is 513 g/mol. The van der Waals surface area contributed by atoms with E-state index < -0.39 is 0 Å². The van der Waals surface area contributed by atoms with Crippen molar-refractivity contribution in [1.82, 2.24) is 19.7 Å². The number of likely N-dealkylation sites (tertiary alicyclic amines) is 1. The van der Waals surface area contributed by atoms with E-state index in [1.54, 1.807) is 26.0 Å². The van der Waals surface area contributed by atoms with Crippen molar-refractivity contribution in [2.45, 2.75) is 49.7 Å². The smallest absolute Gasteiger partial charge is 0.191 e. The first-order valence-corrected chi connectivity index (χ1v) is 13.2. The van der Waals surface area contributed by atoms with Gasteiger partial charge in [-0.25, -0.2) is 0 Å². The standard InChI is InChI=1S/C27H33ClN4O2S/c1-5-13-32-26(29-30-27(32)35-18-20-7-6-8-23(28)16-20)21-11-14-31(15-12-21)17-22-9-10-24(33-3)19(2)25(22)34-4/h5-10,16,21H,1,11-15,17-18H2,2-4H3. The second-order valence-corrected chi connectivity index (χ2v) is 10.2. The zero-order chi connectivity index (χ0) is 24.8. The number of thioether (sulfide) groups is 1. The summed E-state index contributed by atoms with van der Waals surface area (Å²) in [6.45, 7) is 9.58. The van der Waals surface area contributed by atoms with Gasteiger partial charge in [0, 0.05) is 40.9 Å². The number of benzene rings is 2. The first kappa shape index (κ1) is 25.6. The Morgan fingerprint density at radius 2 is 1.94 bits per heavy atom. The highest BCUT2D eigenvalue weighted by Crippen LogP contribution is 2.35. The molecular weight excluding hydrogens is 480 g/mol. The van der Waals surface area contributed by atoms with E-state index in [1.807, 2.05) is 37.3 Å². The van der Waals surface area contributed by atoms with E-state index in [1.165, 1.54) is 11.1 Å². The molecule has 0 radical (unpaired) electrons. The lowest BCUT2D eigenvalue weighted by Gasteiger charge is -2.32. The van der Waals surface area contributed by atoms with Crippen molar-refractivity contribution < 1.29 is 9.47 Å². The lowest BCUT2D eigenvalue weighted by atomic mass is 9.95. The molecule has 4 rings (SSSR count). The van der Waals surface area contributed by atoms with Crippen molar-refractivity contribution in [3.05, 3.63) is 76.6 Å². The van der Waals surface area contributed by atoms with Crippen molar-refractivity contribution in [3.63, 3.8) is 0 Å². The maximum atomic E-state index is 6.14. The lowest BCUT2D eigenvalue weighted by Crippen LogP contribution is -2.33. The predicted molar refractivity (Wildman–Crippen MR) is 143 cm³/mol. The van der Waals surface area contributed by atoms with Crippen LogP contribution >= 0.6 is 23.4 Å². The van der Waals surface area contributed by atoms with Crippen LogP contribution in [0.5, 0.6) is 11.5 Å². The fourth-order valence-corrected chi connectivity index (χ4v) is 5.84. The molecule has 1 aliphatic rings. The summed E-state index contributed by atoms with van der Waals surface area (Å²) >= 11 is 7.83. The largest absolute Gasteiger partial charge is 0.496 e. The molecule has 0 N–H and O–H groups in total. The molecule has 8 heteroatoms. The number of piperidine rings is 1. The molecule has 0 amide bonds. The Labute approximate surface area is 217 Å². The third-order valence-electron chi connectivity index (χ3n) is 6.52. The Kier molecular flexibility index (Phi) is 8.76. The Balaban J connectivity index is 1.41. The SMILES string of the molecule is C=CCn1c(SCc2cccc(Cl)c2)nnc1C1CCN(Cc2ccc(OC)c(C)c2OC)CC1. The van der Waals surface area contributed by atoms with Crippen LogP contribution < -0.4 is 9.47 Å². The van der Waals surface area contributed by atoms with Gasteiger partial charge in [-0.3, -0.25) is 4.90 Å². The highest BCUT2D eigenvalue weighted by Gasteiger charge is 2.27. The second kappa shape index (κ2) is 12.0. The Bertz CT molecular complexity index is 1160. The Morgan fingerprint density at radius 3 is 2.63 bits per heavy atom. The third kappa shape index (κ3) is 6.02. The number of aromatic nitrogens is 3. The minimum Gasteiger partial charge on any atom is -0.496 e. The van der Waals surface area contributed by atoms with Gasteiger partial charge in [0.15, 0.2) is 5.16 Å². The fraction of sp³-hybridized carbons (Fsp3) is 0.407. The first-order valence-electron chi connectivity index (χ1n) is 11.9. The van der Waals surface area contributed by atoms with Gasteiger partial charge in [0.25, 0.3) is 0 Å². The number of allylic oxidation sites excluding steroid dienone is 1. The number of hydrogen-bond donors (Lipinski definition) is 0. The van der Waals surface area contributed by atoms with Gasteiger partial charge in [-0.05, 0) is 56.6 Å². The summed E-state index contributed by atoms with van der Waals surface area (Å²) in [6, 6.07) is 12.1. The van der Waals surface area contributed by atoms with Gasteiger partial charge in [0.1, 0.15) is 17.3 Å². The highest BCUT2D eigenvalue weighted by molar-refractivity contribution is 7.98. The number of hydrogen-bond acceptors (Lipinski definition) is 6. The van der Waals surface area contributed by atoms with E-state index in [-0.39, 0.29) is 0 Å². The number of ether oxygens (including phenoxy) is 2. The van der Waals surface area contributed by atoms with Gasteiger partial charge in [-0.1, -0.05) is 47.6 Å². The molecule has 1 saturated heterocycles. The van der Waals surface area contributed by atoms with E-state index in [0.717, 1.165) is 71.3 Å². The molecule has 3 aromatic rings. The molecule has 0 atom stereocenters. The van der Waals surface area contributed by atoms with Gasteiger partial charge in [-0.2, -0.15) is 0 Å².